The van der Waals surface area contributed by atoms with Crippen LogP contribution >= 0.6 is 11.8 Å². The summed E-state index contributed by atoms with van der Waals surface area (Å²) in [5.74, 6) is -2.63. The molecule has 1 fully saturated rings. The summed E-state index contributed by atoms with van der Waals surface area (Å²) in [5.41, 5.74) is -1.21. The van der Waals surface area contributed by atoms with Crippen LogP contribution in [0.5, 0.6) is 6.01 Å². The van der Waals surface area contributed by atoms with Crippen LogP contribution < -0.4 is 20.6 Å². The predicted octanol–water partition coefficient (Wildman–Crippen LogP) is 5.15. The molecule has 2 aliphatic heterocycles. The van der Waals surface area contributed by atoms with E-state index in [1.165, 1.54) is 23.0 Å². The number of halogens is 5. The Bertz CT molecular complexity index is 1590. The molecule has 0 saturated carbocycles. The van der Waals surface area contributed by atoms with E-state index in [1.807, 2.05) is 18.7 Å². The van der Waals surface area contributed by atoms with Gasteiger partial charge in [0.1, 0.15) is 11.9 Å². The Morgan fingerprint density at radius 3 is 2.48 bits per heavy atom. The third-order valence-corrected chi connectivity index (χ3v) is 8.93. The molecule has 6 rings (SSSR count). The predicted molar refractivity (Wildman–Crippen MR) is 149 cm³/mol. The van der Waals surface area contributed by atoms with Gasteiger partial charge in [0, 0.05) is 72.0 Å². The van der Waals surface area contributed by atoms with Crippen molar-refractivity contribution in [3.05, 3.63) is 52.2 Å². The zero-order valence-electron chi connectivity index (χ0n) is 22.9. The van der Waals surface area contributed by atoms with Crippen LogP contribution in [-0.2, 0) is 12.7 Å². The number of thioether (sulfide) groups is 1. The van der Waals surface area contributed by atoms with Crippen LogP contribution in [0.15, 0.2) is 40.3 Å². The van der Waals surface area contributed by atoms with E-state index in [9.17, 15) is 26.7 Å². The van der Waals surface area contributed by atoms with Crippen molar-refractivity contribution in [2.75, 3.05) is 23.7 Å². The van der Waals surface area contributed by atoms with Gasteiger partial charge in [0.2, 0.25) is 0 Å². The van der Waals surface area contributed by atoms with Gasteiger partial charge in [-0.3, -0.25) is 4.57 Å². The standard InChI is InChI=1S/C28H29F5N6O2S/c1-15-11-38(12-16(2)36-15)24-19-10-20(28(31,32)33)21(17-4-6-27(29,30)7-5-17)23-22(19)39(26(40)37-24)13-18(14-42-23)41-25-34-8-3-9-35-25/h3-4,8-10,15-16,18,36H,5-7,11-14H2,1-2H3/t15-,16+,18-/m0/s1. The third kappa shape index (κ3) is 5.58. The fraction of sp³-hybridized carbons (Fsp3) is 0.500. The molecule has 2 aromatic heterocycles. The summed E-state index contributed by atoms with van der Waals surface area (Å²) in [4.78, 5) is 28.2. The number of rotatable bonds is 4. The second-order valence-electron chi connectivity index (χ2n) is 11.1. The monoisotopic (exact) mass is 608 g/mol. The molecule has 3 atom stereocenters. The summed E-state index contributed by atoms with van der Waals surface area (Å²) >= 11 is 1.12. The number of benzene rings is 1. The van der Waals surface area contributed by atoms with Crippen LogP contribution in [0, 0.1) is 0 Å². The highest BCUT2D eigenvalue weighted by atomic mass is 32.2. The third-order valence-electron chi connectivity index (χ3n) is 7.70. The number of allylic oxidation sites excluding steroid dienone is 2. The highest BCUT2D eigenvalue weighted by Crippen LogP contribution is 2.49. The van der Waals surface area contributed by atoms with Crippen molar-refractivity contribution in [2.24, 2.45) is 0 Å². The normalized spacial score (nSPS) is 24.3. The summed E-state index contributed by atoms with van der Waals surface area (Å²) in [5, 5.41) is 3.57. The fourth-order valence-corrected chi connectivity index (χ4v) is 7.27. The van der Waals surface area contributed by atoms with Gasteiger partial charge in [0.05, 0.1) is 17.6 Å². The number of piperazine rings is 1. The lowest BCUT2D eigenvalue weighted by Crippen LogP contribution is -2.55. The van der Waals surface area contributed by atoms with Crippen LogP contribution in [0.3, 0.4) is 0 Å². The smallest absolute Gasteiger partial charge is 0.417 e. The van der Waals surface area contributed by atoms with Gasteiger partial charge in [-0.15, -0.1) is 11.8 Å². The van der Waals surface area contributed by atoms with E-state index >= 15 is 0 Å². The van der Waals surface area contributed by atoms with Crippen LogP contribution in [-0.4, -0.2) is 62.5 Å². The number of anilines is 1. The maximum atomic E-state index is 14.8. The average Bonchev–Trinajstić information content (AvgIpc) is 3.11. The lowest BCUT2D eigenvalue weighted by molar-refractivity contribution is -0.137. The molecular weight excluding hydrogens is 579 g/mol. The van der Waals surface area contributed by atoms with Gasteiger partial charge >= 0.3 is 17.9 Å². The van der Waals surface area contributed by atoms with Gasteiger partial charge in [0.25, 0.3) is 5.92 Å². The second-order valence-corrected chi connectivity index (χ2v) is 12.1. The Kier molecular flexibility index (Phi) is 7.40. The summed E-state index contributed by atoms with van der Waals surface area (Å²) < 4.78 is 79.9. The molecule has 8 nitrogen and oxygen atoms in total. The molecule has 42 heavy (non-hydrogen) atoms. The minimum Gasteiger partial charge on any atom is -0.457 e. The van der Waals surface area contributed by atoms with Crippen molar-refractivity contribution in [1.29, 1.82) is 0 Å². The summed E-state index contributed by atoms with van der Waals surface area (Å²) in [6, 6.07) is 2.75. The van der Waals surface area contributed by atoms with Crippen molar-refractivity contribution < 1.29 is 26.7 Å². The van der Waals surface area contributed by atoms with Gasteiger partial charge < -0.3 is 15.0 Å². The van der Waals surface area contributed by atoms with E-state index in [-0.39, 0.29) is 64.0 Å². The van der Waals surface area contributed by atoms with E-state index in [0.717, 1.165) is 17.8 Å². The molecule has 3 aromatic rings. The first-order chi connectivity index (χ1) is 19.9. The zero-order chi connectivity index (χ0) is 29.8. The van der Waals surface area contributed by atoms with Crippen molar-refractivity contribution in [2.45, 2.75) is 74.8 Å². The Labute approximate surface area is 242 Å². The van der Waals surface area contributed by atoms with E-state index in [2.05, 4.69) is 20.3 Å². The van der Waals surface area contributed by atoms with Crippen molar-refractivity contribution in [3.63, 3.8) is 0 Å². The fourth-order valence-electron chi connectivity index (χ4n) is 6.01. The van der Waals surface area contributed by atoms with Crippen molar-refractivity contribution in [1.82, 2.24) is 24.8 Å². The molecule has 0 amide bonds. The van der Waals surface area contributed by atoms with Crippen LogP contribution in [0.25, 0.3) is 16.5 Å². The number of hydrogen-bond donors (Lipinski definition) is 1. The first kappa shape index (κ1) is 28.8. The molecule has 3 aliphatic rings. The average molecular weight is 609 g/mol. The molecule has 224 valence electrons. The molecule has 0 radical (unpaired) electrons. The minimum absolute atomic E-state index is 0.00283. The van der Waals surface area contributed by atoms with Crippen molar-refractivity contribution >= 4 is 34.1 Å². The maximum Gasteiger partial charge on any atom is 0.417 e. The molecule has 0 spiro atoms. The quantitative estimate of drug-likeness (QED) is 0.408. The zero-order valence-corrected chi connectivity index (χ0v) is 23.7. The Balaban J connectivity index is 1.60. The molecule has 0 unspecified atom stereocenters. The SMILES string of the molecule is C[C@@H]1CN(c2nc(=O)n3c4c(c(C5=CCC(F)(F)CC5)c(C(F)(F)F)cc24)SC[C@@H](Oc2ncccn2)C3)C[C@H](C)N1. The summed E-state index contributed by atoms with van der Waals surface area (Å²) in [6.45, 7) is 4.80. The minimum atomic E-state index is -4.79. The van der Waals surface area contributed by atoms with E-state index < -0.39 is 42.3 Å². The van der Waals surface area contributed by atoms with Crippen LogP contribution in [0.4, 0.5) is 27.8 Å². The largest absolute Gasteiger partial charge is 0.457 e. The Hall–Kier alpha value is -3.26. The van der Waals surface area contributed by atoms with Gasteiger partial charge in [-0.2, -0.15) is 18.2 Å². The summed E-state index contributed by atoms with van der Waals surface area (Å²) in [7, 11) is 0. The number of hydrogen-bond acceptors (Lipinski definition) is 8. The van der Waals surface area contributed by atoms with Crippen LogP contribution in [0.2, 0.25) is 0 Å². The van der Waals surface area contributed by atoms with Gasteiger partial charge in [-0.25, -0.2) is 23.5 Å². The molecule has 1 saturated heterocycles. The van der Waals surface area contributed by atoms with Gasteiger partial charge in [-0.05, 0) is 38.0 Å². The molecule has 14 heteroatoms. The molecule has 1 aromatic carbocycles. The van der Waals surface area contributed by atoms with E-state index in [0.29, 0.717) is 18.6 Å². The van der Waals surface area contributed by atoms with E-state index in [1.54, 1.807) is 6.07 Å². The van der Waals surface area contributed by atoms with Gasteiger partial charge in [-0.1, -0.05) is 6.08 Å². The Morgan fingerprint density at radius 2 is 1.83 bits per heavy atom. The van der Waals surface area contributed by atoms with E-state index in [4.69, 9.17) is 4.74 Å². The molecule has 1 aliphatic carbocycles. The molecule has 4 heterocycles. The van der Waals surface area contributed by atoms with Gasteiger partial charge in [0.15, 0.2) is 0 Å². The lowest BCUT2D eigenvalue weighted by Gasteiger charge is -2.37. The Morgan fingerprint density at radius 1 is 1.12 bits per heavy atom. The first-order valence-electron chi connectivity index (χ1n) is 13.7. The van der Waals surface area contributed by atoms with Crippen LogP contribution in [0.1, 0.15) is 44.2 Å². The van der Waals surface area contributed by atoms with Crippen molar-refractivity contribution in [3.8, 4) is 6.01 Å². The number of alkyl halides is 5. The highest BCUT2D eigenvalue weighted by molar-refractivity contribution is 7.99. The second kappa shape index (κ2) is 10.8. The molecular formula is C28H29F5N6O2S. The number of nitrogens with zero attached hydrogens (tertiary/aromatic N) is 5. The number of aromatic nitrogens is 4. The first-order valence-corrected chi connectivity index (χ1v) is 14.7. The summed E-state index contributed by atoms with van der Waals surface area (Å²) in [6.07, 6.45) is -2.69. The lowest BCUT2D eigenvalue weighted by atomic mass is 9.87. The number of ether oxygens (including phenoxy) is 1. The number of nitrogens with one attached hydrogen (secondary N) is 1. The molecule has 1 N–H and O–H groups in total. The highest BCUT2D eigenvalue weighted by Gasteiger charge is 2.41. The maximum absolute atomic E-state index is 14.8. The topological polar surface area (TPSA) is 85.2 Å². The molecule has 0 bridgehead atoms.